The van der Waals surface area contributed by atoms with Crippen LogP contribution in [0.2, 0.25) is 0 Å². The Hall–Kier alpha value is -1.13. The van der Waals surface area contributed by atoms with Gasteiger partial charge in [-0.3, -0.25) is 4.90 Å². The Morgan fingerprint density at radius 3 is 2.75 bits per heavy atom. The van der Waals surface area contributed by atoms with Crippen LogP contribution in [0.25, 0.3) is 0 Å². The number of likely N-dealkylation sites (tertiary alicyclic amines) is 1. The van der Waals surface area contributed by atoms with E-state index in [1.807, 2.05) is 0 Å². The van der Waals surface area contributed by atoms with Crippen molar-refractivity contribution >= 4 is 5.82 Å². The number of anilines is 1. The van der Waals surface area contributed by atoms with Crippen LogP contribution in [0.3, 0.4) is 0 Å². The molecule has 0 aromatic carbocycles. The van der Waals surface area contributed by atoms with Gasteiger partial charge >= 0.3 is 0 Å². The number of hydrogen-bond acceptors (Lipinski definition) is 4. The van der Waals surface area contributed by atoms with Crippen molar-refractivity contribution in [2.75, 3.05) is 38.1 Å². The van der Waals surface area contributed by atoms with Gasteiger partial charge in [-0.25, -0.2) is 4.98 Å². The molecule has 110 valence electrons. The van der Waals surface area contributed by atoms with E-state index in [-0.39, 0.29) is 0 Å². The first-order chi connectivity index (χ1) is 9.85. The van der Waals surface area contributed by atoms with E-state index in [9.17, 15) is 0 Å². The minimum atomic E-state index is 0.653. The molecule has 0 bridgehead atoms. The molecule has 1 atom stereocenters. The molecule has 2 aliphatic rings. The van der Waals surface area contributed by atoms with Crippen LogP contribution in [-0.2, 0) is 6.54 Å². The molecule has 1 aromatic heterocycles. The fraction of sp³-hybridized carbons (Fsp3) is 0.688. The summed E-state index contributed by atoms with van der Waals surface area (Å²) >= 11 is 0. The van der Waals surface area contributed by atoms with E-state index >= 15 is 0 Å². The van der Waals surface area contributed by atoms with Gasteiger partial charge in [0, 0.05) is 38.4 Å². The lowest BCUT2D eigenvalue weighted by Crippen LogP contribution is -2.43. The van der Waals surface area contributed by atoms with Crippen LogP contribution < -0.4 is 10.2 Å². The van der Waals surface area contributed by atoms with E-state index < -0.39 is 0 Å². The summed E-state index contributed by atoms with van der Waals surface area (Å²) in [4.78, 5) is 9.58. The SMILES string of the molecule is CNC1CCCN(Cc2ccc(N3CCCC3)nc2)C1. The van der Waals surface area contributed by atoms with Crippen LogP contribution in [0.15, 0.2) is 18.3 Å². The predicted molar refractivity (Wildman–Crippen MR) is 83.0 cm³/mol. The highest BCUT2D eigenvalue weighted by molar-refractivity contribution is 5.40. The average molecular weight is 274 g/mol. The molecule has 1 unspecified atom stereocenters. The maximum Gasteiger partial charge on any atom is 0.128 e. The Balaban J connectivity index is 1.57. The fourth-order valence-corrected chi connectivity index (χ4v) is 3.34. The van der Waals surface area contributed by atoms with Gasteiger partial charge in [0.25, 0.3) is 0 Å². The number of hydrogen-bond donors (Lipinski definition) is 1. The van der Waals surface area contributed by atoms with E-state index in [4.69, 9.17) is 0 Å². The molecule has 2 aliphatic heterocycles. The lowest BCUT2D eigenvalue weighted by molar-refractivity contribution is 0.188. The largest absolute Gasteiger partial charge is 0.357 e. The lowest BCUT2D eigenvalue weighted by atomic mass is 10.1. The van der Waals surface area contributed by atoms with Crippen molar-refractivity contribution in [1.82, 2.24) is 15.2 Å². The molecular weight excluding hydrogens is 248 g/mol. The summed E-state index contributed by atoms with van der Waals surface area (Å²) in [5.74, 6) is 1.15. The summed E-state index contributed by atoms with van der Waals surface area (Å²) < 4.78 is 0. The topological polar surface area (TPSA) is 31.4 Å². The number of pyridine rings is 1. The fourth-order valence-electron chi connectivity index (χ4n) is 3.34. The number of aromatic nitrogens is 1. The number of likely N-dealkylation sites (N-methyl/N-ethyl adjacent to an activating group) is 1. The number of nitrogens with zero attached hydrogens (tertiary/aromatic N) is 3. The van der Waals surface area contributed by atoms with Crippen molar-refractivity contribution in [1.29, 1.82) is 0 Å². The predicted octanol–water partition coefficient (Wildman–Crippen LogP) is 1.87. The molecule has 0 saturated carbocycles. The maximum absolute atomic E-state index is 4.65. The van der Waals surface area contributed by atoms with E-state index in [1.54, 1.807) is 0 Å². The zero-order chi connectivity index (χ0) is 13.8. The quantitative estimate of drug-likeness (QED) is 0.908. The monoisotopic (exact) mass is 274 g/mol. The molecule has 4 heteroatoms. The van der Waals surface area contributed by atoms with Crippen molar-refractivity contribution in [3.05, 3.63) is 23.9 Å². The van der Waals surface area contributed by atoms with Crippen molar-refractivity contribution in [2.24, 2.45) is 0 Å². The summed E-state index contributed by atoms with van der Waals surface area (Å²) in [5.41, 5.74) is 1.34. The Morgan fingerprint density at radius 2 is 2.05 bits per heavy atom. The van der Waals surface area contributed by atoms with Crippen molar-refractivity contribution in [3.63, 3.8) is 0 Å². The molecule has 2 saturated heterocycles. The zero-order valence-corrected chi connectivity index (χ0v) is 12.5. The van der Waals surface area contributed by atoms with E-state index in [0.717, 1.165) is 18.9 Å². The molecule has 4 nitrogen and oxygen atoms in total. The van der Waals surface area contributed by atoms with Crippen molar-refractivity contribution in [2.45, 2.75) is 38.3 Å². The molecule has 20 heavy (non-hydrogen) atoms. The molecule has 0 spiro atoms. The second-order valence-electron chi connectivity index (χ2n) is 6.08. The van der Waals surface area contributed by atoms with Gasteiger partial charge in [0.2, 0.25) is 0 Å². The number of nitrogens with one attached hydrogen (secondary N) is 1. The first-order valence-electron chi connectivity index (χ1n) is 7.94. The summed E-state index contributed by atoms with van der Waals surface area (Å²) in [6.07, 6.45) is 7.28. The average Bonchev–Trinajstić information content (AvgIpc) is 3.02. The summed E-state index contributed by atoms with van der Waals surface area (Å²) in [6, 6.07) is 5.10. The van der Waals surface area contributed by atoms with Gasteiger partial charge in [0.1, 0.15) is 5.82 Å². The molecule has 1 aromatic rings. The van der Waals surface area contributed by atoms with Gasteiger partial charge in [-0.2, -0.15) is 0 Å². The van der Waals surface area contributed by atoms with Crippen molar-refractivity contribution < 1.29 is 0 Å². The molecular formula is C16H26N4. The van der Waals surface area contributed by atoms with Crippen LogP contribution >= 0.6 is 0 Å². The Bertz CT molecular complexity index is 411. The first-order valence-corrected chi connectivity index (χ1v) is 7.94. The highest BCUT2D eigenvalue weighted by Crippen LogP contribution is 2.19. The standard InChI is InChI=1S/C16H26N4/c1-17-15-5-4-8-19(13-15)12-14-6-7-16(18-11-14)20-9-2-3-10-20/h6-7,11,15,17H,2-5,8-10,12-13H2,1H3. The molecule has 1 N–H and O–H groups in total. The van der Waals surface area contributed by atoms with Gasteiger partial charge in [0.05, 0.1) is 0 Å². The smallest absolute Gasteiger partial charge is 0.128 e. The van der Waals surface area contributed by atoms with Gasteiger partial charge in [-0.15, -0.1) is 0 Å². The molecule has 0 amide bonds. The van der Waals surface area contributed by atoms with Crippen LogP contribution in [-0.4, -0.2) is 49.2 Å². The lowest BCUT2D eigenvalue weighted by Gasteiger charge is -2.32. The molecule has 3 rings (SSSR count). The number of rotatable bonds is 4. The summed E-state index contributed by atoms with van der Waals surface area (Å²) in [7, 11) is 2.07. The molecule has 3 heterocycles. The van der Waals surface area contributed by atoms with Gasteiger partial charge < -0.3 is 10.2 Å². The van der Waals surface area contributed by atoms with E-state index in [1.165, 1.54) is 50.9 Å². The number of piperidine rings is 1. The second kappa shape index (κ2) is 6.55. The van der Waals surface area contributed by atoms with Crippen LogP contribution in [0.1, 0.15) is 31.2 Å². The molecule has 0 radical (unpaired) electrons. The third-order valence-electron chi connectivity index (χ3n) is 4.56. The highest BCUT2D eigenvalue weighted by Gasteiger charge is 2.18. The van der Waals surface area contributed by atoms with E-state index in [0.29, 0.717) is 6.04 Å². The van der Waals surface area contributed by atoms with Crippen LogP contribution in [0.5, 0.6) is 0 Å². The molecule has 0 aliphatic carbocycles. The third-order valence-corrected chi connectivity index (χ3v) is 4.56. The van der Waals surface area contributed by atoms with Gasteiger partial charge in [-0.05, 0) is 50.9 Å². The normalized spacial score (nSPS) is 24.2. The third kappa shape index (κ3) is 3.30. The Morgan fingerprint density at radius 1 is 1.20 bits per heavy atom. The minimum Gasteiger partial charge on any atom is -0.357 e. The Labute approximate surface area is 122 Å². The second-order valence-corrected chi connectivity index (χ2v) is 6.08. The first kappa shape index (κ1) is 13.8. The van der Waals surface area contributed by atoms with Gasteiger partial charge in [-0.1, -0.05) is 6.07 Å². The maximum atomic E-state index is 4.65. The Kier molecular flexibility index (Phi) is 4.53. The zero-order valence-electron chi connectivity index (χ0n) is 12.5. The molecule has 2 fully saturated rings. The van der Waals surface area contributed by atoms with Crippen molar-refractivity contribution in [3.8, 4) is 0 Å². The van der Waals surface area contributed by atoms with Crippen LogP contribution in [0, 0.1) is 0 Å². The van der Waals surface area contributed by atoms with Crippen LogP contribution in [0.4, 0.5) is 5.82 Å². The highest BCUT2D eigenvalue weighted by atomic mass is 15.2. The minimum absolute atomic E-state index is 0.653. The van der Waals surface area contributed by atoms with Gasteiger partial charge in [0.15, 0.2) is 0 Å². The summed E-state index contributed by atoms with van der Waals surface area (Å²) in [6.45, 7) is 5.74. The van der Waals surface area contributed by atoms with E-state index in [2.05, 4.69) is 45.5 Å². The summed E-state index contributed by atoms with van der Waals surface area (Å²) in [5, 5.41) is 3.40.